The third kappa shape index (κ3) is 4.17. The van der Waals surface area contributed by atoms with E-state index in [0.29, 0.717) is 23.3 Å². The van der Waals surface area contributed by atoms with Gasteiger partial charge in [-0.25, -0.2) is 10.8 Å². The van der Waals surface area contributed by atoms with Gasteiger partial charge in [-0.15, -0.1) is 0 Å². The normalized spacial score (nSPS) is 15.4. The summed E-state index contributed by atoms with van der Waals surface area (Å²) >= 11 is 0. The minimum atomic E-state index is 0.0986. The van der Waals surface area contributed by atoms with Crippen LogP contribution in [0.4, 0.5) is 5.82 Å². The number of anilines is 1. The second-order valence-electron chi connectivity index (χ2n) is 6.19. The van der Waals surface area contributed by atoms with E-state index in [2.05, 4.69) is 29.2 Å². The zero-order valence-electron chi connectivity index (χ0n) is 13.0. The Morgan fingerprint density at radius 1 is 1.48 bits per heavy atom. The molecule has 3 N–H and O–H groups in total. The van der Waals surface area contributed by atoms with Crippen molar-refractivity contribution < 1.29 is 4.79 Å². The molecule has 1 fully saturated rings. The van der Waals surface area contributed by atoms with E-state index < -0.39 is 0 Å². The number of nitrogen functional groups attached to an aromatic ring is 1. The maximum absolute atomic E-state index is 12.8. The molecule has 116 valence electrons. The lowest BCUT2D eigenvalue weighted by atomic mass is 10.1. The van der Waals surface area contributed by atoms with Gasteiger partial charge in [0.2, 0.25) is 0 Å². The fourth-order valence-corrected chi connectivity index (χ4v) is 2.87. The summed E-state index contributed by atoms with van der Waals surface area (Å²) in [5.41, 5.74) is 3.16. The van der Waals surface area contributed by atoms with Crippen molar-refractivity contribution in [1.29, 1.82) is 0 Å². The van der Waals surface area contributed by atoms with Gasteiger partial charge >= 0.3 is 0 Å². The molecule has 2 rings (SSSR count). The van der Waals surface area contributed by atoms with Gasteiger partial charge in [-0.2, -0.15) is 0 Å². The largest absolute Gasteiger partial charge is 0.336 e. The standard InChI is InChI=1S/C16H26N4O/c1-12(2)8-10-20(14-5-3-4-6-14)16(21)13-7-9-18-15(11-13)19-17/h7,9,11-12,14H,3-6,8,10,17H2,1-2H3,(H,18,19). The third-order valence-electron chi connectivity index (χ3n) is 4.13. The predicted octanol–water partition coefficient (Wildman–Crippen LogP) is 2.80. The number of hydrogen-bond donors (Lipinski definition) is 2. The van der Waals surface area contributed by atoms with Crippen molar-refractivity contribution >= 4 is 11.7 Å². The molecular formula is C16H26N4O. The Bertz CT molecular complexity index is 469. The molecule has 0 radical (unpaired) electrons. The number of carbonyl (C=O) groups is 1. The molecule has 1 amide bonds. The molecule has 0 unspecified atom stereocenters. The molecule has 0 bridgehead atoms. The van der Waals surface area contributed by atoms with Gasteiger partial charge < -0.3 is 10.3 Å². The van der Waals surface area contributed by atoms with Gasteiger partial charge in [-0.3, -0.25) is 4.79 Å². The highest BCUT2D eigenvalue weighted by atomic mass is 16.2. The van der Waals surface area contributed by atoms with Gasteiger partial charge in [0.05, 0.1) is 0 Å². The average Bonchev–Trinajstić information content (AvgIpc) is 3.01. The Morgan fingerprint density at radius 3 is 2.81 bits per heavy atom. The summed E-state index contributed by atoms with van der Waals surface area (Å²) in [6.07, 6.45) is 7.35. The first kappa shape index (κ1) is 15.8. The van der Waals surface area contributed by atoms with Crippen LogP contribution in [0.15, 0.2) is 18.3 Å². The van der Waals surface area contributed by atoms with Gasteiger partial charge in [-0.05, 0) is 37.3 Å². The van der Waals surface area contributed by atoms with E-state index in [-0.39, 0.29) is 5.91 Å². The molecule has 0 aliphatic heterocycles. The van der Waals surface area contributed by atoms with Crippen LogP contribution < -0.4 is 11.3 Å². The van der Waals surface area contributed by atoms with E-state index in [1.807, 2.05) is 0 Å². The lowest BCUT2D eigenvalue weighted by molar-refractivity contribution is 0.0672. The zero-order valence-corrected chi connectivity index (χ0v) is 13.0. The maximum Gasteiger partial charge on any atom is 0.254 e. The van der Waals surface area contributed by atoms with E-state index >= 15 is 0 Å². The minimum absolute atomic E-state index is 0.0986. The molecule has 21 heavy (non-hydrogen) atoms. The predicted molar refractivity (Wildman–Crippen MR) is 84.8 cm³/mol. The Kier molecular flexibility index (Phi) is 5.56. The molecule has 1 aliphatic rings. The van der Waals surface area contributed by atoms with Gasteiger partial charge in [-0.1, -0.05) is 26.7 Å². The number of hydrogen-bond acceptors (Lipinski definition) is 4. The Labute approximate surface area is 126 Å². The molecule has 1 saturated carbocycles. The van der Waals surface area contributed by atoms with Crippen LogP contribution in [0.3, 0.4) is 0 Å². The third-order valence-corrected chi connectivity index (χ3v) is 4.13. The van der Waals surface area contributed by atoms with Crippen molar-refractivity contribution in [2.24, 2.45) is 11.8 Å². The lowest BCUT2D eigenvalue weighted by Gasteiger charge is -2.30. The number of pyridine rings is 1. The average molecular weight is 290 g/mol. The summed E-state index contributed by atoms with van der Waals surface area (Å²) in [5.74, 6) is 6.60. The van der Waals surface area contributed by atoms with Crippen molar-refractivity contribution in [1.82, 2.24) is 9.88 Å². The molecule has 1 aliphatic carbocycles. The van der Waals surface area contributed by atoms with Crippen LogP contribution in [0.25, 0.3) is 0 Å². The first-order valence-corrected chi connectivity index (χ1v) is 7.85. The van der Waals surface area contributed by atoms with Gasteiger partial charge in [0, 0.05) is 24.3 Å². The van der Waals surface area contributed by atoms with Crippen molar-refractivity contribution in [2.45, 2.75) is 52.0 Å². The Hall–Kier alpha value is -1.62. The van der Waals surface area contributed by atoms with Crippen LogP contribution in [-0.2, 0) is 0 Å². The summed E-state index contributed by atoms with van der Waals surface area (Å²) in [7, 11) is 0. The summed E-state index contributed by atoms with van der Waals surface area (Å²) in [4.78, 5) is 19.0. The van der Waals surface area contributed by atoms with Crippen LogP contribution in [0.5, 0.6) is 0 Å². The number of nitrogens with one attached hydrogen (secondary N) is 1. The van der Waals surface area contributed by atoms with E-state index in [0.717, 1.165) is 25.8 Å². The van der Waals surface area contributed by atoms with Crippen molar-refractivity contribution in [2.75, 3.05) is 12.0 Å². The molecule has 1 aromatic rings. The van der Waals surface area contributed by atoms with E-state index in [9.17, 15) is 4.79 Å². The Balaban J connectivity index is 2.15. The maximum atomic E-state index is 12.8. The number of nitrogens with zero attached hydrogens (tertiary/aromatic N) is 2. The quantitative estimate of drug-likeness (QED) is 0.624. The number of aromatic nitrogens is 1. The highest BCUT2D eigenvalue weighted by Gasteiger charge is 2.27. The van der Waals surface area contributed by atoms with Crippen LogP contribution in [0.1, 0.15) is 56.3 Å². The van der Waals surface area contributed by atoms with Gasteiger partial charge in [0.1, 0.15) is 5.82 Å². The molecule has 0 atom stereocenters. The van der Waals surface area contributed by atoms with Crippen LogP contribution in [0.2, 0.25) is 0 Å². The van der Waals surface area contributed by atoms with Crippen molar-refractivity contribution in [3.05, 3.63) is 23.9 Å². The molecule has 0 spiro atoms. The monoisotopic (exact) mass is 290 g/mol. The summed E-state index contributed by atoms with van der Waals surface area (Å²) in [6.45, 7) is 5.22. The summed E-state index contributed by atoms with van der Waals surface area (Å²) in [6, 6.07) is 3.87. The minimum Gasteiger partial charge on any atom is -0.336 e. The summed E-state index contributed by atoms with van der Waals surface area (Å²) < 4.78 is 0. The second-order valence-corrected chi connectivity index (χ2v) is 6.19. The molecule has 5 heteroatoms. The number of rotatable bonds is 6. The number of nitrogens with two attached hydrogens (primary N) is 1. The van der Waals surface area contributed by atoms with E-state index in [1.165, 1.54) is 12.8 Å². The SMILES string of the molecule is CC(C)CCN(C(=O)c1ccnc(NN)c1)C1CCCC1. The molecule has 1 aromatic heterocycles. The number of hydrazine groups is 1. The zero-order chi connectivity index (χ0) is 15.2. The van der Waals surface area contributed by atoms with Crippen LogP contribution >= 0.6 is 0 Å². The van der Waals surface area contributed by atoms with Crippen LogP contribution in [0, 0.1) is 5.92 Å². The fraction of sp³-hybridized carbons (Fsp3) is 0.625. The molecular weight excluding hydrogens is 264 g/mol. The number of carbonyl (C=O) groups excluding carboxylic acids is 1. The second kappa shape index (κ2) is 7.41. The summed E-state index contributed by atoms with van der Waals surface area (Å²) in [5, 5.41) is 0. The highest BCUT2D eigenvalue weighted by molar-refractivity contribution is 5.95. The van der Waals surface area contributed by atoms with Crippen molar-refractivity contribution in [3.8, 4) is 0 Å². The molecule has 5 nitrogen and oxygen atoms in total. The fourth-order valence-electron chi connectivity index (χ4n) is 2.87. The topological polar surface area (TPSA) is 71.2 Å². The number of amides is 1. The first-order chi connectivity index (χ1) is 10.1. The van der Waals surface area contributed by atoms with Gasteiger partial charge in [0.25, 0.3) is 5.91 Å². The first-order valence-electron chi connectivity index (χ1n) is 7.85. The van der Waals surface area contributed by atoms with Crippen LogP contribution in [-0.4, -0.2) is 28.4 Å². The van der Waals surface area contributed by atoms with Crippen molar-refractivity contribution in [3.63, 3.8) is 0 Å². The highest BCUT2D eigenvalue weighted by Crippen LogP contribution is 2.26. The molecule has 0 aromatic carbocycles. The molecule has 0 saturated heterocycles. The lowest BCUT2D eigenvalue weighted by Crippen LogP contribution is -2.40. The van der Waals surface area contributed by atoms with E-state index in [4.69, 9.17) is 5.84 Å². The Morgan fingerprint density at radius 2 is 2.19 bits per heavy atom. The van der Waals surface area contributed by atoms with E-state index in [1.54, 1.807) is 18.3 Å². The molecule has 1 heterocycles. The smallest absolute Gasteiger partial charge is 0.254 e. The van der Waals surface area contributed by atoms with Gasteiger partial charge in [0.15, 0.2) is 0 Å².